The summed E-state index contributed by atoms with van der Waals surface area (Å²) in [5, 5.41) is 23.3. The number of rotatable bonds is 1. The fourth-order valence-electron chi connectivity index (χ4n) is 6.54. The molecule has 6 nitrogen and oxygen atoms in total. The maximum atomic E-state index is 12.1. The summed E-state index contributed by atoms with van der Waals surface area (Å²) in [7, 11) is 3.67. The van der Waals surface area contributed by atoms with E-state index in [-0.39, 0.29) is 24.0 Å². The topological polar surface area (TPSA) is 71.4 Å². The Balaban J connectivity index is 1.71. The van der Waals surface area contributed by atoms with Gasteiger partial charge in [0.2, 0.25) is 0 Å². The lowest BCUT2D eigenvalue weighted by atomic mass is 9.48. The summed E-state index contributed by atoms with van der Waals surface area (Å²) in [6.45, 7) is 4.96. The van der Waals surface area contributed by atoms with E-state index in [9.17, 15) is 10.2 Å². The number of benzene rings is 1. The Labute approximate surface area is 166 Å². The molecular formula is C22H31NO5. The minimum Gasteiger partial charge on any atom is -0.504 e. The zero-order valence-corrected chi connectivity index (χ0v) is 17.2. The molecule has 1 aromatic carbocycles. The fourth-order valence-corrected chi connectivity index (χ4v) is 6.54. The first-order valence-electron chi connectivity index (χ1n) is 10.4. The molecule has 2 heterocycles. The molecule has 28 heavy (non-hydrogen) atoms. The third-order valence-corrected chi connectivity index (χ3v) is 8.06. The van der Waals surface area contributed by atoms with E-state index in [1.165, 1.54) is 0 Å². The van der Waals surface area contributed by atoms with E-state index >= 15 is 0 Å². The third-order valence-electron chi connectivity index (χ3n) is 8.06. The Morgan fingerprint density at radius 3 is 2.54 bits per heavy atom. The number of likely N-dealkylation sites (N-methyl/N-ethyl adjacent to an activating group) is 1. The van der Waals surface area contributed by atoms with Crippen molar-refractivity contribution in [2.75, 3.05) is 20.7 Å². The van der Waals surface area contributed by atoms with Gasteiger partial charge >= 0.3 is 0 Å². The van der Waals surface area contributed by atoms with E-state index in [0.29, 0.717) is 25.0 Å². The van der Waals surface area contributed by atoms with Crippen LogP contribution in [0.4, 0.5) is 0 Å². The molecule has 5 rings (SSSR count). The predicted octanol–water partition coefficient (Wildman–Crippen LogP) is 2.33. The van der Waals surface area contributed by atoms with E-state index < -0.39 is 16.8 Å². The van der Waals surface area contributed by atoms with Gasteiger partial charge in [-0.3, -0.25) is 0 Å². The van der Waals surface area contributed by atoms with Gasteiger partial charge in [-0.2, -0.15) is 0 Å². The summed E-state index contributed by atoms with van der Waals surface area (Å²) in [4.78, 5) is 2.28. The lowest BCUT2D eigenvalue weighted by Gasteiger charge is -2.65. The molecule has 1 spiro atoms. The van der Waals surface area contributed by atoms with Gasteiger partial charge in [-0.05, 0) is 58.3 Å². The van der Waals surface area contributed by atoms with Gasteiger partial charge in [0, 0.05) is 29.9 Å². The number of ether oxygens (including phenoxy) is 3. The second kappa shape index (κ2) is 5.85. The molecule has 1 aromatic rings. The van der Waals surface area contributed by atoms with Crippen LogP contribution in [0.5, 0.6) is 11.5 Å². The molecule has 1 saturated carbocycles. The Kier molecular flexibility index (Phi) is 3.90. The van der Waals surface area contributed by atoms with Crippen molar-refractivity contribution in [3.63, 3.8) is 0 Å². The largest absolute Gasteiger partial charge is 0.504 e. The minimum atomic E-state index is -0.927. The highest BCUT2D eigenvalue weighted by atomic mass is 16.8. The number of likely N-dealkylation sites (tertiary alicyclic amines) is 1. The van der Waals surface area contributed by atoms with Crippen LogP contribution in [0.15, 0.2) is 12.1 Å². The van der Waals surface area contributed by atoms with Crippen LogP contribution in [-0.2, 0) is 21.3 Å². The van der Waals surface area contributed by atoms with Gasteiger partial charge in [-0.25, -0.2) is 0 Å². The Hall–Kier alpha value is -1.34. The molecule has 0 aromatic heterocycles. The van der Waals surface area contributed by atoms with Gasteiger partial charge < -0.3 is 29.3 Å². The highest BCUT2D eigenvalue weighted by Gasteiger charge is 2.69. The van der Waals surface area contributed by atoms with E-state index in [1.807, 2.05) is 26.0 Å². The first kappa shape index (κ1) is 18.7. The summed E-state index contributed by atoms with van der Waals surface area (Å²) in [6, 6.07) is 3.90. The number of nitrogens with zero attached hydrogens (tertiary/aromatic N) is 1. The normalized spacial score (nSPS) is 45.0. The van der Waals surface area contributed by atoms with Crippen molar-refractivity contribution in [2.24, 2.45) is 0 Å². The van der Waals surface area contributed by atoms with Gasteiger partial charge in [-0.15, -0.1) is 0 Å². The number of hydrogen-bond donors (Lipinski definition) is 2. The Morgan fingerprint density at radius 1 is 1.14 bits per heavy atom. The molecule has 2 aliphatic heterocycles. The molecule has 0 radical (unpaired) electrons. The number of methoxy groups -OCH3 is 1. The van der Waals surface area contributed by atoms with Crippen LogP contribution >= 0.6 is 0 Å². The average molecular weight is 389 g/mol. The van der Waals surface area contributed by atoms with Crippen molar-refractivity contribution in [1.82, 2.24) is 4.90 Å². The van der Waals surface area contributed by atoms with Crippen molar-refractivity contribution in [3.05, 3.63) is 23.3 Å². The van der Waals surface area contributed by atoms with Gasteiger partial charge in [-0.1, -0.05) is 6.07 Å². The molecular weight excluding hydrogens is 358 g/mol. The molecule has 6 heteroatoms. The van der Waals surface area contributed by atoms with Gasteiger partial charge in [0.05, 0.1) is 24.9 Å². The van der Waals surface area contributed by atoms with Crippen LogP contribution in [0.1, 0.15) is 50.7 Å². The molecule has 2 bridgehead atoms. The van der Waals surface area contributed by atoms with Gasteiger partial charge in [0.25, 0.3) is 0 Å². The summed E-state index contributed by atoms with van der Waals surface area (Å²) >= 11 is 0. The zero-order chi connectivity index (χ0) is 19.9. The standard InChI is InChI=1S/C22H31NO5/c1-13-14(2)28-21(27-13)7-8-22(25)17-11-15-5-6-16(26-4)19(24)18(15)20(22,12-21)9-10-23(17)3/h5-6,13-14,17,24-25H,7-12H2,1-4H3/t13?,14?,17-,20-,21?,22?/m1/s1. The van der Waals surface area contributed by atoms with E-state index in [0.717, 1.165) is 30.5 Å². The highest BCUT2D eigenvalue weighted by molar-refractivity contribution is 5.58. The number of aromatic hydroxyl groups is 1. The van der Waals surface area contributed by atoms with Gasteiger partial charge in [0.15, 0.2) is 17.3 Å². The smallest absolute Gasteiger partial charge is 0.170 e. The van der Waals surface area contributed by atoms with Crippen LogP contribution < -0.4 is 4.74 Å². The van der Waals surface area contributed by atoms with E-state index in [4.69, 9.17) is 14.2 Å². The third kappa shape index (κ3) is 2.18. The summed E-state index contributed by atoms with van der Waals surface area (Å²) in [6.07, 6.45) is 3.34. The van der Waals surface area contributed by atoms with Crippen molar-refractivity contribution in [1.29, 1.82) is 0 Å². The van der Waals surface area contributed by atoms with E-state index in [2.05, 4.69) is 11.9 Å². The quantitative estimate of drug-likeness (QED) is 0.768. The van der Waals surface area contributed by atoms with Crippen molar-refractivity contribution < 1.29 is 24.4 Å². The summed E-state index contributed by atoms with van der Waals surface area (Å²) < 4.78 is 18.1. The maximum absolute atomic E-state index is 12.1. The maximum Gasteiger partial charge on any atom is 0.170 e. The number of aliphatic hydroxyl groups is 1. The molecule has 3 unspecified atom stereocenters. The van der Waals surface area contributed by atoms with Crippen LogP contribution in [0.25, 0.3) is 0 Å². The molecule has 2 N–H and O–H groups in total. The first-order valence-corrected chi connectivity index (χ1v) is 10.4. The van der Waals surface area contributed by atoms with Crippen molar-refractivity contribution in [2.45, 2.75) is 81.0 Å². The lowest BCUT2D eigenvalue weighted by Crippen LogP contribution is -2.74. The van der Waals surface area contributed by atoms with Crippen molar-refractivity contribution in [3.8, 4) is 11.5 Å². The number of fused-ring (bicyclic) bond motifs is 1. The molecule has 154 valence electrons. The van der Waals surface area contributed by atoms with Gasteiger partial charge in [0.1, 0.15) is 0 Å². The molecule has 2 saturated heterocycles. The summed E-state index contributed by atoms with van der Waals surface area (Å²) in [5.41, 5.74) is 0.398. The van der Waals surface area contributed by atoms with Crippen LogP contribution in [-0.4, -0.2) is 65.5 Å². The summed E-state index contributed by atoms with van der Waals surface area (Å²) in [5.74, 6) is -0.0737. The second-order valence-corrected chi connectivity index (χ2v) is 9.34. The van der Waals surface area contributed by atoms with Crippen LogP contribution in [0.3, 0.4) is 0 Å². The minimum absolute atomic E-state index is 0.0200. The average Bonchev–Trinajstić information content (AvgIpc) is 2.92. The molecule has 3 fully saturated rings. The number of phenolic OH excluding ortho intramolecular Hbond substituents is 1. The fraction of sp³-hybridized carbons (Fsp3) is 0.727. The second-order valence-electron chi connectivity index (χ2n) is 9.34. The molecule has 0 amide bonds. The Morgan fingerprint density at radius 2 is 1.86 bits per heavy atom. The van der Waals surface area contributed by atoms with Crippen LogP contribution in [0, 0.1) is 0 Å². The predicted molar refractivity (Wildman–Crippen MR) is 104 cm³/mol. The Bertz CT molecular complexity index is 802. The molecule has 2 aliphatic carbocycles. The highest BCUT2D eigenvalue weighted by Crippen LogP contribution is 2.64. The lowest BCUT2D eigenvalue weighted by molar-refractivity contribution is -0.264. The number of hydrogen-bond acceptors (Lipinski definition) is 6. The SMILES string of the molecule is COc1ccc2c(c1O)[C@]13CCN(C)[C@H](C2)C1(O)CCC1(C3)OC(C)C(C)O1. The van der Waals surface area contributed by atoms with Crippen LogP contribution in [0.2, 0.25) is 0 Å². The monoisotopic (exact) mass is 389 g/mol. The van der Waals surface area contributed by atoms with Crippen molar-refractivity contribution >= 4 is 0 Å². The van der Waals surface area contributed by atoms with E-state index in [1.54, 1.807) is 7.11 Å². The number of phenols is 1. The zero-order valence-electron chi connectivity index (χ0n) is 17.2. The number of piperidine rings is 1. The molecule has 5 atom stereocenters. The first-order chi connectivity index (χ1) is 13.3. The molecule has 4 aliphatic rings.